The van der Waals surface area contributed by atoms with E-state index in [-0.39, 0.29) is 11.5 Å². The number of carbonyl (C=O) groups is 1. The SMILES string of the molecule is CCOC(=O)[C@H](NS(=O)(=O)c1ccc(C)cc1)[C@@H](O)c1ccc(N)cc1. The van der Waals surface area contributed by atoms with Gasteiger partial charge in [-0.2, -0.15) is 4.72 Å². The summed E-state index contributed by atoms with van der Waals surface area (Å²) in [6.45, 7) is 3.48. The Labute approximate surface area is 152 Å². The molecule has 140 valence electrons. The molecule has 8 heteroatoms. The van der Waals surface area contributed by atoms with Gasteiger partial charge in [-0.05, 0) is 43.7 Å². The van der Waals surface area contributed by atoms with Crippen molar-refractivity contribution in [1.82, 2.24) is 4.72 Å². The summed E-state index contributed by atoms with van der Waals surface area (Å²) in [6.07, 6.45) is -1.44. The first-order valence-corrected chi connectivity index (χ1v) is 9.52. The largest absolute Gasteiger partial charge is 0.465 e. The van der Waals surface area contributed by atoms with E-state index < -0.39 is 28.1 Å². The quantitative estimate of drug-likeness (QED) is 0.496. The van der Waals surface area contributed by atoms with E-state index >= 15 is 0 Å². The summed E-state index contributed by atoms with van der Waals surface area (Å²) in [4.78, 5) is 12.2. The van der Waals surface area contributed by atoms with Crippen molar-refractivity contribution in [2.75, 3.05) is 12.3 Å². The molecule has 0 bridgehead atoms. The fraction of sp³-hybridized carbons (Fsp3) is 0.278. The molecule has 0 aliphatic rings. The zero-order chi connectivity index (χ0) is 19.3. The van der Waals surface area contributed by atoms with Gasteiger partial charge in [0.2, 0.25) is 10.0 Å². The summed E-state index contributed by atoms with van der Waals surface area (Å²) in [6, 6.07) is 10.8. The molecule has 0 spiro atoms. The number of carbonyl (C=O) groups excluding carboxylic acids is 1. The molecule has 0 radical (unpaired) electrons. The number of esters is 1. The van der Waals surface area contributed by atoms with Crippen LogP contribution in [-0.4, -0.2) is 32.1 Å². The maximum Gasteiger partial charge on any atom is 0.327 e. The van der Waals surface area contributed by atoms with E-state index in [1.807, 2.05) is 6.92 Å². The first-order valence-electron chi connectivity index (χ1n) is 8.03. The smallest absolute Gasteiger partial charge is 0.327 e. The lowest BCUT2D eigenvalue weighted by Crippen LogP contribution is -2.45. The highest BCUT2D eigenvalue weighted by molar-refractivity contribution is 7.89. The molecular weight excluding hydrogens is 356 g/mol. The number of ether oxygens (including phenoxy) is 1. The summed E-state index contributed by atoms with van der Waals surface area (Å²) in [5, 5.41) is 10.6. The zero-order valence-electron chi connectivity index (χ0n) is 14.5. The van der Waals surface area contributed by atoms with Crippen molar-refractivity contribution in [3.8, 4) is 0 Å². The summed E-state index contributed by atoms with van der Waals surface area (Å²) < 4.78 is 32.4. The van der Waals surface area contributed by atoms with E-state index in [9.17, 15) is 18.3 Å². The summed E-state index contributed by atoms with van der Waals surface area (Å²) in [5.74, 6) is -0.868. The number of aliphatic hydroxyl groups excluding tert-OH is 1. The molecule has 2 atom stereocenters. The first-order chi connectivity index (χ1) is 12.2. The Morgan fingerprint density at radius 3 is 2.27 bits per heavy atom. The second-order valence-corrected chi connectivity index (χ2v) is 7.49. The molecule has 4 N–H and O–H groups in total. The Morgan fingerprint density at radius 1 is 1.15 bits per heavy atom. The Bertz CT molecular complexity index is 848. The topological polar surface area (TPSA) is 119 Å². The number of aryl methyl sites for hydroxylation is 1. The molecule has 0 unspecified atom stereocenters. The van der Waals surface area contributed by atoms with Crippen molar-refractivity contribution in [2.24, 2.45) is 0 Å². The molecule has 2 rings (SSSR count). The van der Waals surface area contributed by atoms with Gasteiger partial charge < -0.3 is 15.6 Å². The number of rotatable bonds is 7. The predicted molar refractivity (Wildman–Crippen MR) is 97.7 cm³/mol. The van der Waals surface area contributed by atoms with Crippen LogP contribution < -0.4 is 10.5 Å². The zero-order valence-corrected chi connectivity index (χ0v) is 15.4. The van der Waals surface area contributed by atoms with Crippen LogP contribution in [0.25, 0.3) is 0 Å². The van der Waals surface area contributed by atoms with E-state index in [4.69, 9.17) is 10.5 Å². The van der Waals surface area contributed by atoms with E-state index in [0.29, 0.717) is 11.3 Å². The van der Waals surface area contributed by atoms with Crippen LogP contribution in [0.15, 0.2) is 53.4 Å². The molecule has 0 heterocycles. The van der Waals surface area contributed by atoms with Crippen molar-refractivity contribution in [3.63, 3.8) is 0 Å². The van der Waals surface area contributed by atoms with Gasteiger partial charge in [-0.25, -0.2) is 8.42 Å². The van der Waals surface area contributed by atoms with Crippen LogP contribution in [0.5, 0.6) is 0 Å². The Hall–Kier alpha value is -2.42. The standard InChI is InChI=1S/C18H22N2O5S/c1-3-25-18(22)16(17(21)13-6-8-14(19)9-7-13)20-26(23,24)15-10-4-12(2)5-11-15/h4-11,16-17,20-21H,3,19H2,1-2H3/t16-,17+/m1/s1. The second-order valence-electron chi connectivity index (χ2n) is 5.78. The number of hydrogen-bond acceptors (Lipinski definition) is 6. The number of anilines is 1. The van der Waals surface area contributed by atoms with Gasteiger partial charge >= 0.3 is 5.97 Å². The van der Waals surface area contributed by atoms with Crippen LogP contribution in [0.4, 0.5) is 5.69 Å². The number of hydrogen-bond donors (Lipinski definition) is 3. The molecule has 0 saturated heterocycles. The number of aliphatic hydroxyl groups is 1. The first kappa shape index (κ1) is 19.9. The molecule has 0 saturated carbocycles. The number of nitrogen functional groups attached to an aromatic ring is 1. The number of benzene rings is 2. The van der Waals surface area contributed by atoms with Crippen molar-refractivity contribution in [3.05, 3.63) is 59.7 Å². The minimum absolute atomic E-state index is 0.0121. The van der Waals surface area contributed by atoms with Gasteiger partial charge in [0, 0.05) is 5.69 Å². The maximum absolute atomic E-state index is 12.6. The molecule has 0 aliphatic carbocycles. The third-order valence-corrected chi connectivity index (χ3v) is 5.20. The molecule has 0 aliphatic heterocycles. The third kappa shape index (κ3) is 4.81. The van der Waals surface area contributed by atoms with Gasteiger partial charge in [-0.3, -0.25) is 4.79 Å². The minimum Gasteiger partial charge on any atom is -0.465 e. The number of sulfonamides is 1. The predicted octanol–water partition coefficient (Wildman–Crippen LogP) is 1.52. The monoisotopic (exact) mass is 378 g/mol. The van der Waals surface area contributed by atoms with Crippen LogP contribution in [0, 0.1) is 6.92 Å². The lowest BCUT2D eigenvalue weighted by Gasteiger charge is -2.23. The fourth-order valence-electron chi connectivity index (χ4n) is 2.31. The van der Waals surface area contributed by atoms with Crippen LogP contribution in [-0.2, 0) is 19.6 Å². The van der Waals surface area contributed by atoms with Crippen molar-refractivity contribution in [1.29, 1.82) is 0 Å². The van der Waals surface area contributed by atoms with E-state index in [1.54, 1.807) is 31.2 Å². The lowest BCUT2D eigenvalue weighted by atomic mass is 10.0. The lowest BCUT2D eigenvalue weighted by molar-refractivity contribution is -0.148. The van der Waals surface area contributed by atoms with E-state index in [0.717, 1.165) is 5.56 Å². The molecule has 0 aromatic heterocycles. The molecule has 0 amide bonds. The summed E-state index contributed by atoms with van der Waals surface area (Å²) >= 11 is 0. The second kappa shape index (κ2) is 8.31. The molecule has 2 aromatic carbocycles. The Kier molecular flexibility index (Phi) is 6.36. The average Bonchev–Trinajstić information content (AvgIpc) is 2.60. The van der Waals surface area contributed by atoms with Gasteiger partial charge in [0.1, 0.15) is 12.1 Å². The van der Waals surface area contributed by atoms with Gasteiger partial charge in [0.15, 0.2) is 0 Å². The van der Waals surface area contributed by atoms with Gasteiger partial charge in [-0.1, -0.05) is 29.8 Å². The normalized spacial score (nSPS) is 13.8. The third-order valence-electron chi connectivity index (χ3n) is 3.75. The molecule has 7 nitrogen and oxygen atoms in total. The van der Waals surface area contributed by atoms with E-state index in [1.165, 1.54) is 24.3 Å². The van der Waals surface area contributed by atoms with Crippen LogP contribution in [0.1, 0.15) is 24.2 Å². The fourth-order valence-corrected chi connectivity index (χ4v) is 3.50. The number of nitrogens with one attached hydrogen (secondary N) is 1. The van der Waals surface area contributed by atoms with Crippen LogP contribution in [0.2, 0.25) is 0 Å². The van der Waals surface area contributed by atoms with Crippen LogP contribution in [0.3, 0.4) is 0 Å². The molecule has 26 heavy (non-hydrogen) atoms. The Balaban J connectivity index is 2.33. The van der Waals surface area contributed by atoms with Gasteiger partial charge in [0.05, 0.1) is 11.5 Å². The maximum atomic E-state index is 12.6. The minimum atomic E-state index is -4.04. The van der Waals surface area contributed by atoms with Crippen molar-refractivity contribution >= 4 is 21.7 Å². The average molecular weight is 378 g/mol. The molecule has 0 fully saturated rings. The van der Waals surface area contributed by atoms with Crippen molar-refractivity contribution < 1.29 is 23.1 Å². The summed E-state index contributed by atoms with van der Waals surface area (Å²) in [7, 11) is -4.04. The highest BCUT2D eigenvalue weighted by Gasteiger charge is 2.34. The molecule has 2 aromatic rings. The van der Waals surface area contributed by atoms with Crippen molar-refractivity contribution in [2.45, 2.75) is 30.9 Å². The highest BCUT2D eigenvalue weighted by atomic mass is 32.2. The van der Waals surface area contributed by atoms with Crippen LogP contribution >= 0.6 is 0 Å². The summed E-state index contributed by atoms with van der Waals surface area (Å²) in [5.41, 5.74) is 7.33. The Morgan fingerprint density at radius 2 is 1.73 bits per heavy atom. The van der Waals surface area contributed by atoms with Gasteiger partial charge in [-0.15, -0.1) is 0 Å². The van der Waals surface area contributed by atoms with Gasteiger partial charge in [0.25, 0.3) is 0 Å². The highest BCUT2D eigenvalue weighted by Crippen LogP contribution is 2.21. The van der Waals surface area contributed by atoms with E-state index in [2.05, 4.69) is 4.72 Å². The molecular formula is C18H22N2O5S. The number of nitrogens with two attached hydrogens (primary N) is 1.